The van der Waals surface area contributed by atoms with E-state index in [1.807, 2.05) is 6.07 Å². The van der Waals surface area contributed by atoms with E-state index >= 15 is 0 Å². The second-order valence-corrected chi connectivity index (χ2v) is 8.95. The van der Waals surface area contributed by atoms with Crippen LogP contribution in [0.4, 0.5) is 0 Å². The summed E-state index contributed by atoms with van der Waals surface area (Å²) in [5.41, 5.74) is 1.60. The van der Waals surface area contributed by atoms with Gasteiger partial charge in [0.2, 0.25) is 11.8 Å². The topological polar surface area (TPSA) is 49.4 Å². The van der Waals surface area contributed by atoms with Crippen molar-refractivity contribution >= 4 is 70.0 Å². The van der Waals surface area contributed by atoms with E-state index in [2.05, 4.69) is 5.32 Å². The Morgan fingerprint density at radius 3 is 2.07 bits per heavy atom. The number of halogens is 4. The lowest BCUT2D eigenvalue weighted by Crippen LogP contribution is -2.47. The zero-order valence-electron chi connectivity index (χ0n) is 15.8. The molecule has 0 spiro atoms. The molecule has 1 N–H and O–H groups in total. The molecule has 0 aliphatic carbocycles. The van der Waals surface area contributed by atoms with Gasteiger partial charge < -0.3 is 10.2 Å². The first-order valence-corrected chi connectivity index (χ1v) is 11.4. The minimum absolute atomic E-state index is 0.179. The van der Waals surface area contributed by atoms with Gasteiger partial charge in [0.1, 0.15) is 6.04 Å². The van der Waals surface area contributed by atoms with Crippen molar-refractivity contribution in [1.82, 2.24) is 10.2 Å². The molecule has 1 atom stereocenters. The van der Waals surface area contributed by atoms with Crippen LogP contribution in [-0.4, -0.2) is 35.6 Å². The summed E-state index contributed by atoms with van der Waals surface area (Å²) < 4.78 is 0. The van der Waals surface area contributed by atoms with Gasteiger partial charge in [0.15, 0.2) is 0 Å². The highest BCUT2D eigenvalue weighted by atomic mass is 35.5. The molecule has 0 saturated carbocycles. The molecule has 0 radical (unpaired) electrons. The number of nitrogens with zero attached hydrogens (tertiary/aromatic N) is 1. The summed E-state index contributed by atoms with van der Waals surface area (Å²) in [5, 5.41) is 4.65. The Kier molecular flexibility index (Phi) is 9.44. The number of thioether (sulfide) groups is 1. The minimum Gasteiger partial charge on any atom is -0.357 e. The molecule has 0 unspecified atom stereocenters. The lowest BCUT2D eigenvalue weighted by Gasteiger charge is -2.28. The molecule has 9 heteroatoms. The largest absolute Gasteiger partial charge is 0.357 e. The molecule has 0 fully saturated rings. The van der Waals surface area contributed by atoms with E-state index < -0.39 is 6.04 Å². The van der Waals surface area contributed by atoms with E-state index in [0.717, 1.165) is 5.56 Å². The van der Waals surface area contributed by atoms with Gasteiger partial charge in [-0.25, -0.2) is 0 Å². The van der Waals surface area contributed by atoms with E-state index in [1.54, 1.807) is 37.3 Å². The zero-order chi connectivity index (χ0) is 21.6. The fraction of sp³-hybridized carbons (Fsp3) is 0.300. The van der Waals surface area contributed by atoms with Gasteiger partial charge in [-0.15, -0.1) is 11.8 Å². The maximum atomic E-state index is 12.9. The van der Waals surface area contributed by atoms with Crippen LogP contribution in [-0.2, 0) is 21.9 Å². The first kappa shape index (κ1) is 24.2. The summed E-state index contributed by atoms with van der Waals surface area (Å²) in [6.45, 7) is 1.88. The number of nitrogens with one attached hydrogen (secondary N) is 1. The third-order valence-corrected chi connectivity index (χ3v) is 6.41. The van der Waals surface area contributed by atoms with Crippen LogP contribution in [0.3, 0.4) is 0 Å². The quantitative estimate of drug-likeness (QED) is 0.513. The smallest absolute Gasteiger partial charge is 0.242 e. The van der Waals surface area contributed by atoms with E-state index in [9.17, 15) is 9.59 Å². The van der Waals surface area contributed by atoms with Crippen LogP contribution in [0.5, 0.6) is 0 Å². The third-order valence-electron chi connectivity index (χ3n) is 4.27. The molecule has 156 valence electrons. The third kappa shape index (κ3) is 6.97. The average molecular weight is 494 g/mol. The molecule has 2 aromatic rings. The van der Waals surface area contributed by atoms with Crippen LogP contribution in [0.2, 0.25) is 20.1 Å². The number of likely N-dealkylation sites (N-methyl/N-ethyl adjacent to an activating group) is 1. The Morgan fingerprint density at radius 1 is 1.00 bits per heavy atom. The minimum atomic E-state index is -0.654. The van der Waals surface area contributed by atoms with Gasteiger partial charge in [-0.1, -0.05) is 58.5 Å². The van der Waals surface area contributed by atoms with E-state index in [4.69, 9.17) is 46.4 Å². The predicted molar refractivity (Wildman–Crippen MR) is 123 cm³/mol. The summed E-state index contributed by atoms with van der Waals surface area (Å²) in [6.07, 6.45) is 0. The van der Waals surface area contributed by atoms with E-state index in [-0.39, 0.29) is 24.1 Å². The van der Waals surface area contributed by atoms with Crippen molar-refractivity contribution in [3.05, 3.63) is 67.6 Å². The van der Waals surface area contributed by atoms with Crippen LogP contribution in [0.25, 0.3) is 0 Å². The lowest BCUT2D eigenvalue weighted by atomic mass is 10.1. The lowest BCUT2D eigenvalue weighted by molar-refractivity contribution is -0.138. The Labute approximate surface area is 194 Å². The molecular weight excluding hydrogens is 474 g/mol. The maximum absolute atomic E-state index is 12.9. The SMILES string of the molecule is CNC(=O)[C@H](C)N(Cc1ccc(Cl)cc1Cl)C(=O)CSCc1ccc(Cl)cc1Cl. The average Bonchev–Trinajstić information content (AvgIpc) is 2.67. The Balaban J connectivity index is 2.10. The summed E-state index contributed by atoms with van der Waals surface area (Å²) in [6, 6.07) is 9.68. The molecule has 0 aliphatic rings. The monoisotopic (exact) mass is 492 g/mol. The normalized spacial score (nSPS) is 11.8. The van der Waals surface area contributed by atoms with Gasteiger partial charge in [-0.05, 0) is 42.3 Å². The molecule has 2 rings (SSSR count). The highest BCUT2D eigenvalue weighted by Gasteiger charge is 2.26. The number of hydrogen-bond acceptors (Lipinski definition) is 3. The predicted octanol–water partition coefficient (Wildman–Crippen LogP) is 5.70. The standard InChI is InChI=1S/C20H20Cl4N2O2S/c1-12(20(28)25-2)26(9-13-3-5-15(21)7-17(13)23)19(27)11-29-10-14-4-6-16(22)8-18(14)24/h3-8,12H,9-11H2,1-2H3,(H,25,28)/t12-/m0/s1. The molecule has 0 bridgehead atoms. The van der Waals surface area contributed by atoms with Gasteiger partial charge in [0.25, 0.3) is 0 Å². The van der Waals surface area contributed by atoms with Crippen LogP contribution in [0.15, 0.2) is 36.4 Å². The highest BCUT2D eigenvalue weighted by molar-refractivity contribution is 7.99. The van der Waals surface area contributed by atoms with Crippen molar-refractivity contribution in [3.63, 3.8) is 0 Å². The van der Waals surface area contributed by atoms with E-state index in [1.165, 1.54) is 23.7 Å². The first-order valence-electron chi connectivity index (χ1n) is 8.69. The summed E-state index contributed by atoms with van der Waals surface area (Å²) >= 11 is 25.7. The van der Waals surface area contributed by atoms with Gasteiger partial charge in [-0.3, -0.25) is 9.59 Å². The van der Waals surface area contributed by atoms with Crippen molar-refractivity contribution in [3.8, 4) is 0 Å². The summed E-state index contributed by atoms with van der Waals surface area (Å²) in [5.74, 6) is 0.299. The number of amides is 2. The second kappa shape index (κ2) is 11.3. The van der Waals surface area contributed by atoms with Crippen LogP contribution < -0.4 is 5.32 Å². The molecule has 0 saturated heterocycles. The molecular formula is C20H20Cl4N2O2S. The van der Waals surface area contributed by atoms with Gasteiger partial charge in [0, 0.05) is 39.4 Å². The Bertz CT molecular complexity index is 895. The zero-order valence-corrected chi connectivity index (χ0v) is 19.7. The maximum Gasteiger partial charge on any atom is 0.242 e. The molecule has 0 aliphatic heterocycles. The van der Waals surface area contributed by atoms with Crippen molar-refractivity contribution in [2.24, 2.45) is 0 Å². The van der Waals surface area contributed by atoms with Gasteiger partial charge >= 0.3 is 0 Å². The van der Waals surface area contributed by atoms with Crippen LogP contribution in [0.1, 0.15) is 18.1 Å². The van der Waals surface area contributed by atoms with Crippen molar-refractivity contribution in [2.75, 3.05) is 12.8 Å². The molecule has 2 amide bonds. The number of carbonyl (C=O) groups is 2. The number of benzene rings is 2. The first-order chi connectivity index (χ1) is 13.7. The molecule has 4 nitrogen and oxygen atoms in total. The molecule has 0 heterocycles. The number of rotatable bonds is 8. The van der Waals surface area contributed by atoms with Crippen LogP contribution >= 0.6 is 58.2 Å². The van der Waals surface area contributed by atoms with Crippen molar-refractivity contribution < 1.29 is 9.59 Å². The van der Waals surface area contributed by atoms with Gasteiger partial charge in [-0.2, -0.15) is 0 Å². The second-order valence-electron chi connectivity index (χ2n) is 6.28. The highest BCUT2D eigenvalue weighted by Crippen LogP contribution is 2.26. The summed E-state index contributed by atoms with van der Waals surface area (Å²) in [4.78, 5) is 26.6. The molecule has 2 aromatic carbocycles. The van der Waals surface area contributed by atoms with Crippen LogP contribution in [0, 0.1) is 0 Å². The molecule has 0 aromatic heterocycles. The molecule has 29 heavy (non-hydrogen) atoms. The van der Waals surface area contributed by atoms with Gasteiger partial charge in [0.05, 0.1) is 5.75 Å². The summed E-state index contributed by atoms with van der Waals surface area (Å²) in [7, 11) is 1.54. The van der Waals surface area contributed by atoms with Crippen molar-refractivity contribution in [1.29, 1.82) is 0 Å². The Morgan fingerprint density at radius 2 is 1.55 bits per heavy atom. The number of hydrogen-bond donors (Lipinski definition) is 1. The van der Waals surface area contributed by atoms with E-state index in [0.29, 0.717) is 31.4 Å². The van der Waals surface area contributed by atoms with Crippen molar-refractivity contribution in [2.45, 2.75) is 25.3 Å². The Hall–Kier alpha value is -1.11. The fourth-order valence-corrected chi connectivity index (χ4v) is 4.53. The fourth-order valence-electron chi connectivity index (χ4n) is 2.59. The number of carbonyl (C=O) groups excluding carboxylic acids is 2.